The van der Waals surface area contributed by atoms with Crippen molar-refractivity contribution < 1.29 is 13.6 Å². The molecule has 1 saturated heterocycles. The zero-order chi connectivity index (χ0) is 24.3. The molecular formula is C27H27F2N5O2. The van der Waals surface area contributed by atoms with Gasteiger partial charge in [-0.05, 0) is 36.5 Å². The van der Waals surface area contributed by atoms with Crippen molar-refractivity contribution in [3.63, 3.8) is 0 Å². The van der Waals surface area contributed by atoms with Gasteiger partial charge in [-0.3, -0.25) is 14.6 Å². The first-order chi connectivity index (χ1) is 16.8. The van der Waals surface area contributed by atoms with Crippen molar-refractivity contribution in [3.8, 4) is 11.3 Å². The minimum Gasteiger partial charge on any atom is -0.364 e. The number of nitrogens with two attached hydrogens (primary N) is 1. The number of alkyl halides is 2. The molecule has 4 aromatic rings. The molecule has 1 unspecified atom stereocenters. The van der Waals surface area contributed by atoms with E-state index in [4.69, 9.17) is 10.7 Å². The summed E-state index contributed by atoms with van der Waals surface area (Å²) in [5.74, 6) is -2.82. The van der Waals surface area contributed by atoms with Crippen molar-refractivity contribution in [2.75, 3.05) is 18.0 Å². The summed E-state index contributed by atoms with van der Waals surface area (Å²) < 4.78 is 28.2. The van der Waals surface area contributed by atoms with Crippen LogP contribution in [-0.4, -0.2) is 39.9 Å². The molecule has 0 bridgehead atoms. The number of amides is 1. The number of aromatic amines is 1. The highest BCUT2D eigenvalue weighted by Gasteiger charge is 2.48. The Hall–Kier alpha value is -3.88. The zero-order valence-corrected chi connectivity index (χ0v) is 18.8. The van der Waals surface area contributed by atoms with E-state index in [0.29, 0.717) is 42.1 Å². The van der Waals surface area contributed by atoms with E-state index in [-0.39, 0.29) is 48.6 Å². The van der Waals surface area contributed by atoms with Gasteiger partial charge in [-0.15, -0.1) is 0 Å². The fraction of sp³-hybridized carbons (Fsp3) is 0.333. The zero-order valence-electron chi connectivity index (χ0n) is 18.8. The van der Waals surface area contributed by atoms with Crippen LogP contribution in [-0.2, 0) is 0 Å². The molecule has 1 aliphatic carbocycles. The van der Waals surface area contributed by atoms with E-state index in [0.717, 1.165) is 10.9 Å². The number of rotatable bonds is 3. The second-order valence-electron chi connectivity index (χ2n) is 9.56. The molecule has 1 aliphatic heterocycles. The average molecular weight is 492 g/mol. The van der Waals surface area contributed by atoms with Gasteiger partial charge in [0, 0.05) is 49.1 Å². The molecule has 7 nitrogen and oxygen atoms in total. The number of nitrogens with zero attached hydrogens (tertiary/aromatic N) is 3. The van der Waals surface area contributed by atoms with Crippen LogP contribution < -0.4 is 16.1 Å². The van der Waals surface area contributed by atoms with Crippen LogP contribution in [0.15, 0.2) is 53.5 Å². The third-order valence-electron chi connectivity index (χ3n) is 7.28. The molecule has 4 heterocycles. The van der Waals surface area contributed by atoms with Crippen molar-refractivity contribution in [2.24, 2.45) is 17.6 Å². The predicted octanol–water partition coefficient (Wildman–Crippen LogP) is 4.74. The predicted molar refractivity (Wildman–Crippen MR) is 136 cm³/mol. The number of para-hydroxylation sites is 1. The summed E-state index contributed by atoms with van der Waals surface area (Å²) in [6, 6.07) is 12.7. The van der Waals surface area contributed by atoms with Gasteiger partial charge in [0.05, 0.1) is 22.1 Å². The minimum absolute atomic E-state index is 0. The molecule has 1 saturated carbocycles. The molecule has 1 amide bonds. The lowest BCUT2D eigenvalue weighted by molar-refractivity contribution is 0.00300. The fourth-order valence-electron chi connectivity index (χ4n) is 5.70. The van der Waals surface area contributed by atoms with Gasteiger partial charge in [0.15, 0.2) is 5.43 Å². The highest BCUT2D eigenvalue weighted by Crippen LogP contribution is 2.48. The van der Waals surface area contributed by atoms with E-state index in [9.17, 15) is 18.4 Å². The number of carbonyl (C=O) groups is 1. The Balaban J connectivity index is 0.00000267. The summed E-state index contributed by atoms with van der Waals surface area (Å²) in [5, 5.41) is 1.02. The van der Waals surface area contributed by atoms with Gasteiger partial charge in [0.25, 0.3) is 5.91 Å². The van der Waals surface area contributed by atoms with Crippen LogP contribution in [0.3, 0.4) is 0 Å². The fourth-order valence-corrected chi connectivity index (χ4v) is 5.70. The number of hydrogen-bond donors (Lipinski definition) is 2. The molecule has 36 heavy (non-hydrogen) atoms. The van der Waals surface area contributed by atoms with Crippen molar-refractivity contribution >= 4 is 33.5 Å². The van der Waals surface area contributed by atoms with Gasteiger partial charge in [0.1, 0.15) is 11.5 Å². The molecule has 6 rings (SSSR count). The van der Waals surface area contributed by atoms with Crippen LogP contribution in [0.2, 0.25) is 0 Å². The number of anilines is 1. The number of aromatic nitrogens is 3. The first-order valence-electron chi connectivity index (χ1n) is 11.6. The van der Waals surface area contributed by atoms with E-state index in [1.807, 2.05) is 30.3 Å². The highest BCUT2D eigenvalue weighted by atomic mass is 19.3. The van der Waals surface area contributed by atoms with Crippen LogP contribution in [0.25, 0.3) is 33.1 Å². The Kier molecular flexibility index (Phi) is 5.73. The van der Waals surface area contributed by atoms with E-state index in [2.05, 4.69) is 14.9 Å². The van der Waals surface area contributed by atoms with E-state index >= 15 is 0 Å². The first-order valence-corrected chi connectivity index (χ1v) is 11.6. The van der Waals surface area contributed by atoms with Gasteiger partial charge >= 0.3 is 0 Å². The molecule has 0 radical (unpaired) electrons. The van der Waals surface area contributed by atoms with E-state index in [1.165, 1.54) is 12.3 Å². The van der Waals surface area contributed by atoms with Crippen LogP contribution in [0.4, 0.5) is 14.6 Å². The molecule has 2 fully saturated rings. The van der Waals surface area contributed by atoms with Crippen molar-refractivity contribution in [1.82, 2.24) is 15.0 Å². The number of fused-ring (bicyclic) bond motifs is 3. The molecule has 3 N–H and O–H groups in total. The summed E-state index contributed by atoms with van der Waals surface area (Å²) in [4.78, 5) is 39.1. The number of hydrogen-bond acceptors (Lipinski definition) is 5. The maximum atomic E-state index is 14.1. The van der Waals surface area contributed by atoms with Gasteiger partial charge in [-0.2, -0.15) is 0 Å². The topological polar surface area (TPSA) is 105 Å². The van der Waals surface area contributed by atoms with E-state index in [1.54, 1.807) is 6.07 Å². The van der Waals surface area contributed by atoms with Crippen LogP contribution in [0, 0.1) is 11.8 Å². The SMILES string of the molecule is C.NC(=O)c1nccc2[nH]c(-c3cc4ccccc4nc3N3CCC4CC(F)(F)C[C@@H]4C3)cc(=O)c12. The van der Waals surface area contributed by atoms with Gasteiger partial charge < -0.3 is 15.6 Å². The maximum Gasteiger partial charge on any atom is 0.268 e. The van der Waals surface area contributed by atoms with Gasteiger partial charge in [-0.25, -0.2) is 13.8 Å². The quantitative estimate of drug-likeness (QED) is 0.431. The van der Waals surface area contributed by atoms with Crippen LogP contribution in [0.1, 0.15) is 37.2 Å². The molecule has 0 spiro atoms. The van der Waals surface area contributed by atoms with Crippen molar-refractivity contribution in [2.45, 2.75) is 32.6 Å². The monoisotopic (exact) mass is 491 g/mol. The second kappa shape index (κ2) is 8.65. The molecular weight excluding hydrogens is 464 g/mol. The number of benzene rings is 1. The Bertz CT molecular complexity index is 1550. The summed E-state index contributed by atoms with van der Waals surface area (Å²) >= 11 is 0. The standard InChI is InChI=1S/C26H23F2N5O2.CH4/c27-26(28)11-15-6-8-33(13-16(15)12-26)25-17(9-14-3-1-2-4-18(14)32-25)20-10-21(34)22-19(31-20)5-7-30-23(22)24(29)35;/h1-5,7,9-10,15-16H,6,8,11-13H2,(H2,29,35)(H,31,34);1H4/t15?,16-;/m1./s1. The molecule has 2 atom stereocenters. The highest BCUT2D eigenvalue weighted by molar-refractivity contribution is 6.04. The summed E-state index contributed by atoms with van der Waals surface area (Å²) in [5.41, 5.74) is 7.39. The average Bonchev–Trinajstić information content (AvgIpc) is 3.15. The third kappa shape index (κ3) is 3.98. The number of pyridine rings is 3. The largest absolute Gasteiger partial charge is 0.364 e. The van der Waals surface area contributed by atoms with Gasteiger partial charge in [-0.1, -0.05) is 25.6 Å². The van der Waals surface area contributed by atoms with Crippen molar-refractivity contribution in [1.29, 1.82) is 0 Å². The Morgan fingerprint density at radius 2 is 1.92 bits per heavy atom. The minimum atomic E-state index is -2.61. The van der Waals surface area contributed by atoms with Gasteiger partial charge in [0.2, 0.25) is 5.92 Å². The number of primary amides is 1. The molecule has 3 aromatic heterocycles. The van der Waals surface area contributed by atoms with Crippen molar-refractivity contribution in [3.05, 3.63) is 64.6 Å². The Morgan fingerprint density at radius 1 is 1.14 bits per heavy atom. The number of nitrogens with one attached hydrogen (secondary N) is 1. The lowest BCUT2D eigenvalue weighted by Gasteiger charge is -2.36. The number of H-pyrrole nitrogens is 1. The Labute approximate surface area is 206 Å². The number of carbonyl (C=O) groups excluding carboxylic acids is 1. The van der Waals surface area contributed by atoms with E-state index < -0.39 is 11.8 Å². The number of halogens is 2. The molecule has 186 valence electrons. The molecule has 2 aliphatic rings. The summed E-state index contributed by atoms with van der Waals surface area (Å²) in [7, 11) is 0. The lowest BCUT2D eigenvalue weighted by Crippen LogP contribution is -2.39. The second-order valence-corrected chi connectivity index (χ2v) is 9.56. The smallest absolute Gasteiger partial charge is 0.268 e. The summed E-state index contributed by atoms with van der Waals surface area (Å²) in [6.45, 7) is 1.11. The molecule has 9 heteroatoms. The maximum absolute atomic E-state index is 14.1. The Morgan fingerprint density at radius 3 is 2.72 bits per heavy atom. The van der Waals surface area contributed by atoms with Crippen LogP contribution in [0.5, 0.6) is 0 Å². The summed E-state index contributed by atoms with van der Waals surface area (Å²) in [6.07, 6.45) is 1.95. The molecule has 1 aromatic carbocycles. The number of piperidine rings is 1. The lowest BCUT2D eigenvalue weighted by atomic mass is 9.88. The normalized spacial score (nSPS) is 20.8. The first kappa shape index (κ1) is 23.8. The third-order valence-corrected chi connectivity index (χ3v) is 7.28. The van der Waals surface area contributed by atoms with Crippen LogP contribution >= 0.6 is 0 Å².